The Morgan fingerprint density at radius 3 is 3.19 bits per heavy atom. The lowest BCUT2D eigenvalue weighted by molar-refractivity contribution is 0.173. The van der Waals surface area contributed by atoms with Crippen molar-refractivity contribution in [1.29, 1.82) is 0 Å². The summed E-state index contributed by atoms with van der Waals surface area (Å²) in [6, 6.07) is 6.00. The molecule has 0 aliphatic carbocycles. The third kappa shape index (κ3) is 2.55. The molecule has 0 spiro atoms. The van der Waals surface area contributed by atoms with Crippen molar-refractivity contribution >= 4 is 0 Å². The summed E-state index contributed by atoms with van der Waals surface area (Å²) in [5.74, 6) is 1.74. The number of hydrogen-bond acceptors (Lipinski definition) is 3. The summed E-state index contributed by atoms with van der Waals surface area (Å²) in [7, 11) is 0. The highest BCUT2D eigenvalue weighted by atomic mass is 16.7. The van der Waals surface area contributed by atoms with Gasteiger partial charge in [-0.2, -0.15) is 0 Å². The first-order valence-electron chi connectivity index (χ1n) is 5.61. The standard InChI is InChI=1S/C13H17NO2/c1-2-3-4-8-14-9-11-6-5-7-12-13(11)16-10-15-12/h2-3,5-7,14H,4,8-10H2,1H3/b3-2+. The number of ether oxygens (including phenoxy) is 2. The van der Waals surface area contributed by atoms with Crippen molar-refractivity contribution in [2.45, 2.75) is 19.9 Å². The first-order chi connectivity index (χ1) is 7.92. The third-order valence-corrected chi connectivity index (χ3v) is 2.52. The maximum Gasteiger partial charge on any atom is 0.231 e. The molecule has 0 atom stereocenters. The number of nitrogens with one attached hydrogen (secondary N) is 1. The zero-order valence-corrected chi connectivity index (χ0v) is 9.53. The summed E-state index contributed by atoms with van der Waals surface area (Å²) < 4.78 is 10.8. The fourth-order valence-corrected chi connectivity index (χ4v) is 1.70. The van der Waals surface area contributed by atoms with E-state index in [1.54, 1.807) is 0 Å². The molecule has 16 heavy (non-hydrogen) atoms. The van der Waals surface area contributed by atoms with Crippen molar-refractivity contribution in [3.8, 4) is 11.5 Å². The molecule has 2 rings (SSSR count). The molecule has 1 aromatic rings. The van der Waals surface area contributed by atoms with Crippen molar-refractivity contribution in [1.82, 2.24) is 5.32 Å². The summed E-state index contributed by atoms with van der Waals surface area (Å²) in [5, 5.41) is 3.38. The second-order valence-electron chi connectivity index (χ2n) is 3.69. The van der Waals surface area contributed by atoms with E-state index in [0.29, 0.717) is 6.79 Å². The second-order valence-corrected chi connectivity index (χ2v) is 3.69. The van der Waals surface area contributed by atoms with Gasteiger partial charge in [0.2, 0.25) is 6.79 Å². The van der Waals surface area contributed by atoms with Gasteiger partial charge in [-0.05, 0) is 26.0 Å². The quantitative estimate of drug-likeness (QED) is 0.609. The number of para-hydroxylation sites is 1. The van der Waals surface area contributed by atoms with Gasteiger partial charge in [0.25, 0.3) is 0 Å². The van der Waals surface area contributed by atoms with E-state index in [0.717, 1.165) is 36.6 Å². The molecule has 0 unspecified atom stereocenters. The van der Waals surface area contributed by atoms with Crippen molar-refractivity contribution in [3.05, 3.63) is 35.9 Å². The molecule has 1 aliphatic rings. The molecule has 0 amide bonds. The van der Waals surface area contributed by atoms with Crippen molar-refractivity contribution in [2.24, 2.45) is 0 Å². The van der Waals surface area contributed by atoms with Gasteiger partial charge in [0, 0.05) is 12.1 Å². The SMILES string of the molecule is C/C=C/CCNCc1cccc2c1OCO2. The van der Waals surface area contributed by atoms with Crippen molar-refractivity contribution in [2.75, 3.05) is 13.3 Å². The smallest absolute Gasteiger partial charge is 0.231 e. The Labute approximate surface area is 96.1 Å². The lowest BCUT2D eigenvalue weighted by Crippen LogP contribution is -2.14. The minimum Gasteiger partial charge on any atom is -0.454 e. The average Bonchev–Trinajstić information content (AvgIpc) is 2.77. The molecular formula is C13H17NO2. The Kier molecular flexibility index (Phi) is 3.83. The van der Waals surface area contributed by atoms with E-state index in [1.165, 1.54) is 0 Å². The van der Waals surface area contributed by atoms with Crippen LogP contribution < -0.4 is 14.8 Å². The van der Waals surface area contributed by atoms with Gasteiger partial charge in [-0.3, -0.25) is 0 Å². The lowest BCUT2D eigenvalue weighted by Gasteiger charge is -2.06. The van der Waals surface area contributed by atoms with Gasteiger partial charge in [-0.1, -0.05) is 24.3 Å². The predicted octanol–water partition coefficient (Wildman–Crippen LogP) is 2.47. The molecule has 0 saturated carbocycles. The van der Waals surface area contributed by atoms with Gasteiger partial charge < -0.3 is 14.8 Å². The number of benzene rings is 1. The maximum absolute atomic E-state index is 5.43. The van der Waals surface area contributed by atoms with E-state index in [2.05, 4.69) is 23.5 Å². The summed E-state index contributed by atoms with van der Waals surface area (Å²) in [6.45, 7) is 4.18. The maximum atomic E-state index is 5.43. The molecule has 1 N–H and O–H groups in total. The molecule has 0 radical (unpaired) electrons. The number of hydrogen-bond donors (Lipinski definition) is 1. The lowest BCUT2D eigenvalue weighted by atomic mass is 10.2. The fourth-order valence-electron chi connectivity index (χ4n) is 1.70. The first kappa shape index (κ1) is 11.0. The molecule has 0 fully saturated rings. The van der Waals surface area contributed by atoms with Gasteiger partial charge >= 0.3 is 0 Å². The molecule has 1 heterocycles. The topological polar surface area (TPSA) is 30.5 Å². The molecule has 0 bridgehead atoms. The van der Waals surface area contributed by atoms with Gasteiger partial charge in [0.1, 0.15) is 0 Å². The van der Waals surface area contributed by atoms with Crippen LogP contribution in [0.5, 0.6) is 11.5 Å². The molecule has 86 valence electrons. The average molecular weight is 219 g/mol. The van der Waals surface area contributed by atoms with E-state index in [-0.39, 0.29) is 0 Å². The molecular weight excluding hydrogens is 202 g/mol. The van der Waals surface area contributed by atoms with Crippen LogP contribution in [0.4, 0.5) is 0 Å². The highest BCUT2D eigenvalue weighted by Crippen LogP contribution is 2.35. The number of fused-ring (bicyclic) bond motifs is 1. The highest BCUT2D eigenvalue weighted by Gasteiger charge is 2.16. The van der Waals surface area contributed by atoms with Crippen LogP contribution in [0.2, 0.25) is 0 Å². The summed E-state index contributed by atoms with van der Waals surface area (Å²) in [4.78, 5) is 0. The van der Waals surface area contributed by atoms with Crippen LogP contribution in [0.15, 0.2) is 30.4 Å². The van der Waals surface area contributed by atoms with E-state index < -0.39 is 0 Å². The van der Waals surface area contributed by atoms with Gasteiger partial charge in [-0.25, -0.2) is 0 Å². The monoisotopic (exact) mass is 219 g/mol. The Morgan fingerprint density at radius 2 is 2.31 bits per heavy atom. The van der Waals surface area contributed by atoms with Crippen LogP contribution in [-0.4, -0.2) is 13.3 Å². The fraction of sp³-hybridized carbons (Fsp3) is 0.385. The molecule has 1 aromatic carbocycles. The largest absolute Gasteiger partial charge is 0.454 e. The molecule has 1 aliphatic heterocycles. The summed E-state index contributed by atoms with van der Waals surface area (Å²) in [6.07, 6.45) is 5.28. The molecule has 3 nitrogen and oxygen atoms in total. The predicted molar refractivity (Wildman–Crippen MR) is 63.7 cm³/mol. The Hall–Kier alpha value is -1.48. The highest BCUT2D eigenvalue weighted by molar-refractivity contribution is 5.48. The Balaban J connectivity index is 1.88. The van der Waals surface area contributed by atoms with E-state index >= 15 is 0 Å². The normalized spacial score (nSPS) is 13.6. The Morgan fingerprint density at radius 1 is 1.38 bits per heavy atom. The zero-order valence-electron chi connectivity index (χ0n) is 9.53. The Bertz CT molecular complexity index is 374. The minimum atomic E-state index is 0.338. The van der Waals surface area contributed by atoms with E-state index in [9.17, 15) is 0 Å². The zero-order chi connectivity index (χ0) is 11.2. The van der Waals surface area contributed by atoms with Crippen LogP contribution in [0.1, 0.15) is 18.9 Å². The van der Waals surface area contributed by atoms with Crippen LogP contribution in [0.3, 0.4) is 0 Å². The summed E-state index contributed by atoms with van der Waals surface area (Å²) >= 11 is 0. The van der Waals surface area contributed by atoms with Crippen molar-refractivity contribution < 1.29 is 9.47 Å². The first-order valence-corrected chi connectivity index (χ1v) is 5.61. The number of rotatable bonds is 5. The van der Waals surface area contributed by atoms with Crippen LogP contribution in [-0.2, 0) is 6.54 Å². The van der Waals surface area contributed by atoms with E-state index in [1.807, 2.05) is 19.1 Å². The third-order valence-electron chi connectivity index (χ3n) is 2.52. The van der Waals surface area contributed by atoms with E-state index in [4.69, 9.17) is 9.47 Å². The van der Waals surface area contributed by atoms with Gasteiger partial charge in [0.15, 0.2) is 11.5 Å². The second kappa shape index (κ2) is 5.56. The van der Waals surface area contributed by atoms with Gasteiger partial charge in [-0.15, -0.1) is 0 Å². The minimum absolute atomic E-state index is 0.338. The van der Waals surface area contributed by atoms with Crippen LogP contribution >= 0.6 is 0 Å². The van der Waals surface area contributed by atoms with Crippen molar-refractivity contribution in [3.63, 3.8) is 0 Å². The molecule has 0 saturated heterocycles. The van der Waals surface area contributed by atoms with Crippen LogP contribution in [0.25, 0.3) is 0 Å². The molecule has 0 aromatic heterocycles. The number of allylic oxidation sites excluding steroid dienone is 1. The van der Waals surface area contributed by atoms with Gasteiger partial charge in [0.05, 0.1) is 0 Å². The summed E-state index contributed by atoms with van der Waals surface area (Å²) in [5.41, 5.74) is 1.16. The van der Waals surface area contributed by atoms with Crippen LogP contribution in [0, 0.1) is 0 Å². The molecule has 3 heteroatoms.